The number of aromatic nitrogens is 1. The fourth-order valence-electron chi connectivity index (χ4n) is 7.25. The van der Waals surface area contributed by atoms with Crippen molar-refractivity contribution in [2.24, 2.45) is 29.6 Å². The minimum atomic E-state index is -0.260. The summed E-state index contributed by atoms with van der Waals surface area (Å²) in [5, 5.41) is 1.18. The molecule has 1 aromatic heterocycles. The van der Waals surface area contributed by atoms with Crippen LogP contribution >= 0.6 is 23.1 Å². The molecule has 2 aliphatic carbocycles. The summed E-state index contributed by atoms with van der Waals surface area (Å²) in [5.41, 5.74) is 4.24. The number of nitrogens with one attached hydrogen (secondary N) is 1. The van der Waals surface area contributed by atoms with Crippen LogP contribution in [0.1, 0.15) is 33.9 Å². The zero-order chi connectivity index (χ0) is 23.3. The summed E-state index contributed by atoms with van der Waals surface area (Å²) in [6.07, 6.45) is 0.915. The summed E-state index contributed by atoms with van der Waals surface area (Å²) in [5.74, 6) is 0.0363. The lowest BCUT2D eigenvalue weighted by Crippen LogP contribution is -2.42. The second-order valence-corrected chi connectivity index (χ2v) is 12.4. The smallest absolute Gasteiger partial charge is 0.305 e. The van der Waals surface area contributed by atoms with Crippen LogP contribution in [-0.4, -0.2) is 22.0 Å². The number of hydrogen-bond donors (Lipinski definition) is 1. The largest absolute Gasteiger partial charge is 0.307 e. The van der Waals surface area contributed by atoms with E-state index in [-0.39, 0.29) is 57.4 Å². The molecule has 3 fully saturated rings. The Balaban J connectivity index is 1.34. The number of imide groups is 1. The Bertz CT molecular complexity index is 1410. The van der Waals surface area contributed by atoms with Crippen molar-refractivity contribution in [1.82, 2.24) is 4.98 Å². The summed E-state index contributed by atoms with van der Waals surface area (Å²) in [6, 6.07) is 16.1. The Labute approximate surface area is 205 Å². The Morgan fingerprint density at radius 1 is 0.912 bits per heavy atom. The van der Waals surface area contributed by atoms with Crippen LogP contribution in [0.15, 0.2) is 58.4 Å². The van der Waals surface area contributed by atoms with Gasteiger partial charge in [0.25, 0.3) is 0 Å². The number of aromatic amines is 1. The maximum absolute atomic E-state index is 13.8. The normalized spacial score (nSPS) is 33.2. The lowest BCUT2D eigenvalue weighted by atomic mass is 9.67. The van der Waals surface area contributed by atoms with E-state index in [0.717, 1.165) is 21.9 Å². The van der Waals surface area contributed by atoms with Gasteiger partial charge >= 0.3 is 4.87 Å². The van der Waals surface area contributed by atoms with E-state index in [4.69, 9.17) is 0 Å². The van der Waals surface area contributed by atoms with Crippen LogP contribution in [0.25, 0.3) is 0 Å². The van der Waals surface area contributed by atoms with Gasteiger partial charge in [0.2, 0.25) is 11.8 Å². The van der Waals surface area contributed by atoms with Crippen molar-refractivity contribution < 1.29 is 9.59 Å². The number of thioether (sulfide) groups is 1. The van der Waals surface area contributed by atoms with Gasteiger partial charge in [0.05, 0.1) is 22.5 Å². The summed E-state index contributed by atoms with van der Waals surface area (Å²) in [7, 11) is 0. The Kier molecular flexibility index (Phi) is 4.38. The van der Waals surface area contributed by atoms with E-state index in [1.54, 1.807) is 11.8 Å². The molecule has 0 radical (unpaired) electrons. The Morgan fingerprint density at radius 2 is 1.62 bits per heavy atom. The molecule has 34 heavy (non-hydrogen) atoms. The summed E-state index contributed by atoms with van der Waals surface area (Å²) < 4.78 is 0. The summed E-state index contributed by atoms with van der Waals surface area (Å²) >= 11 is 3.05. The number of benzene rings is 2. The number of thiazole rings is 1. The molecule has 7 rings (SSSR count). The van der Waals surface area contributed by atoms with Crippen molar-refractivity contribution in [2.45, 2.75) is 36.5 Å². The van der Waals surface area contributed by atoms with Gasteiger partial charge in [0.15, 0.2) is 0 Å². The van der Waals surface area contributed by atoms with Crippen LogP contribution in [0, 0.1) is 43.4 Å². The van der Waals surface area contributed by atoms with Crippen molar-refractivity contribution in [3.8, 4) is 0 Å². The third kappa shape index (κ3) is 2.65. The third-order valence-electron chi connectivity index (χ3n) is 8.54. The number of nitrogens with zero attached hydrogens (tertiary/aromatic N) is 1. The molecule has 2 aliphatic heterocycles. The first-order valence-electron chi connectivity index (χ1n) is 11.8. The van der Waals surface area contributed by atoms with Crippen LogP contribution < -0.4 is 9.77 Å². The highest BCUT2D eigenvalue weighted by Gasteiger charge is 2.69. The van der Waals surface area contributed by atoms with E-state index in [2.05, 4.69) is 30.1 Å². The van der Waals surface area contributed by atoms with Crippen LogP contribution in [0.5, 0.6) is 0 Å². The van der Waals surface area contributed by atoms with E-state index in [1.807, 2.05) is 37.3 Å². The van der Waals surface area contributed by atoms with Gasteiger partial charge in [-0.2, -0.15) is 0 Å². The molecule has 2 bridgehead atoms. The number of carbonyl (C=O) groups excluding carboxylic acids is 2. The van der Waals surface area contributed by atoms with E-state index < -0.39 is 0 Å². The molecule has 2 saturated carbocycles. The molecular formula is C27H24N2O3S2. The van der Waals surface area contributed by atoms with Gasteiger partial charge in [-0.05, 0) is 61.3 Å². The monoisotopic (exact) mass is 488 g/mol. The zero-order valence-corrected chi connectivity index (χ0v) is 20.5. The van der Waals surface area contributed by atoms with Gasteiger partial charge in [-0.3, -0.25) is 19.3 Å². The van der Waals surface area contributed by atoms with Gasteiger partial charge in [-0.15, -0.1) is 11.8 Å². The molecule has 4 aliphatic rings. The lowest BCUT2D eigenvalue weighted by Gasteiger charge is -2.43. The van der Waals surface area contributed by atoms with Crippen molar-refractivity contribution in [2.75, 3.05) is 4.90 Å². The van der Waals surface area contributed by atoms with Gasteiger partial charge < -0.3 is 4.98 Å². The van der Waals surface area contributed by atoms with Gasteiger partial charge in [-0.25, -0.2) is 0 Å². The van der Waals surface area contributed by atoms with E-state index in [1.165, 1.54) is 27.4 Å². The fraction of sp³-hybridized carbons (Fsp3) is 0.370. The standard InChI is InChI=1S/C27H24N2O3S2/c1-12-7-9-14(10-8-12)29-25(30)20-16-11-17(21(20)26(29)31)22-19(16)18(15-6-4-3-5-13(15)2)23-24(33-22)28-27(32)34-23/h3-10,16-22H,11H2,1-2H3,(H,28,32)/t16-,17-,18-,19-,20+,21-,22+/m1/s1. The zero-order valence-electron chi connectivity index (χ0n) is 18.9. The molecule has 5 nitrogen and oxygen atoms in total. The number of carbonyl (C=O) groups is 2. The Morgan fingerprint density at radius 3 is 2.35 bits per heavy atom. The molecule has 3 heterocycles. The minimum Gasteiger partial charge on any atom is -0.307 e. The molecule has 2 amide bonds. The molecule has 1 saturated heterocycles. The average molecular weight is 489 g/mol. The molecule has 3 aromatic rings. The van der Waals surface area contributed by atoms with Gasteiger partial charge in [0, 0.05) is 16.0 Å². The first-order valence-corrected chi connectivity index (χ1v) is 13.5. The summed E-state index contributed by atoms with van der Waals surface area (Å²) in [6.45, 7) is 4.13. The predicted octanol–water partition coefficient (Wildman–Crippen LogP) is 4.73. The van der Waals surface area contributed by atoms with Crippen LogP contribution in [0.3, 0.4) is 0 Å². The molecule has 2 aromatic carbocycles. The molecular weight excluding hydrogens is 464 g/mol. The lowest BCUT2D eigenvalue weighted by molar-refractivity contribution is -0.123. The highest BCUT2D eigenvalue weighted by molar-refractivity contribution is 8.00. The third-order valence-corrected chi connectivity index (χ3v) is 11.1. The Hall–Kier alpha value is -2.64. The number of anilines is 1. The highest BCUT2D eigenvalue weighted by atomic mass is 32.2. The van der Waals surface area contributed by atoms with Crippen LogP contribution in [0.4, 0.5) is 5.69 Å². The summed E-state index contributed by atoms with van der Waals surface area (Å²) in [4.78, 5) is 45.4. The van der Waals surface area contributed by atoms with Gasteiger partial charge in [-0.1, -0.05) is 53.3 Å². The van der Waals surface area contributed by atoms with E-state index in [0.29, 0.717) is 5.69 Å². The number of H-pyrrole nitrogens is 1. The van der Waals surface area contributed by atoms with Gasteiger partial charge in [0.1, 0.15) is 0 Å². The number of hydrogen-bond acceptors (Lipinski definition) is 5. The molecule has 0 unspecified atom stereocenters. The van der Waals surface area contributed by atoms with Crippen LogP contribution in [0.2, 0.25) is 0 Å². The molecule has 1 N–H and O–H groups in total. The maximum atomic E-state index is 13.8. The minimum absolute atomic E-state index is 0.0266. The number of aryl methyl sites for hydroxylation is 2. The fourth-order valence-corrected chi connectivity index (χ4v) is 10.1. The second kappa shape index (κ2) is 7.18. The van der Waals surface area contributed by atoms with Crippen molar-refractivity contribution in [1.29, 1.82) is 0 Å². The first-order chi connectivity index (χ1) is 16.4. The van der Waals surface area contributed by atoms with Crippen molar-refractivity contribution in [3.63, 3.8) is 0 Å². The number of amides is 2. The predicted molar refractivity (Wildman–Crippen MR) is 133 cm³/mol. The van der Waals surface area contributed by atoms with Crippen LogP contribution in [-0.2, 0) is 9.59 Å². The maximum Gasteiger partial charge on any atom is 0.305 e. The molecule has 7 atom stereocenters. The van der Waals surface area contributed by atoms with E-state index >= 15 is 0 Å². The first kappa shape index (κ1) is 20.7. The second-order valence-electron chi connectivity index (χ2n) is 10.2. The van der Waals surface area contributed by atoms with Crippen molar-refractivity contribution in [3.05, 3.63) is 79.8 Å². The molecule has 172 valence electrons. The number of fused-ring (bicyclic) bond motifs is 9. The van der Waals surface area contributed by atoms with Crippen molar-refractivity contribution >= 4 is 40.6 Å². The SMILES string of the molecule is Cc1ccc(N2C(=O)[C@@H]3[C@H]4C[C@@H]([C@@H]3C2=O)[C@@H]2[C@@H](c3ccccc3C)c3sc(=O)[nH]c3S[C@@H]42)cc1. The molecule has 7 heteroatoms. The average Bonchev–Trinajstić information content (AvgIpc) is 3.54. The topological polar surface area (TPSA) is 70.2 Å². The number of rotatable bonds is 2. The quantitative estimate of drug-likeness (QED) is 0.530. The molecule has 0 spiro atoms. The highest BCUT2D eigenvalue weighted by Crippen LogP contribution is 2.68. The van der Waals surface area contributed by atoms with E-state index in [9.17, 15) is 14.4 Å².